The Hall–Kier alpha value is -2.97. The van der Waals surface area contributed by atoms with Crippen LogP contribution < -0.4 is 23.7 Å². The summed E-state index contributed by atoms with van der Waals surface area (Å²) in [5.41, 5.74) is 0.588. The Kier molecular flexibility index (Phi) is 5.93. The monoisotopic (exact) mass is 430 g/mol. The average Bonchev–Trinajstić information content (AvgIpc) is 3.44. The van der Waals surface area contributed by atoms with Crippen LogP contribution in [0.3, 0.4) is 0 Å². The molecule has 31 heavy (non-hydrogen) atoms. The molecule has 2 aromatic rings. The van der Waals surface area contributed by atoms with Crippen LogP contribution in [0, 0.1) is 11.3 Å². The van der Waals surface area contributed by atoms with Gasteiger partial charge >= 0.3 is 0 Å². The van der Waals surface area contributed by atoms with Gasteiger partial charge in [0, 0.05) is 11.0 Å². The van der Waals surface area contributed by atoms with Crippen molar-refractivity contribution in [3.63, 3.8) is 0 Å². The molecule has 2 unspecified atom stereocenters. The average molecular weight is 430 g/mol. The number of rotatable bonds is 8. The van der Waals surface area contributed by atoms with E-state index in [0.717, 1.165) is 5.56 Å². The van der Waals surface area contributed by atoms with Crippen LogP contribution in [0.1, 0.15) is 15.9 Å². The van der Waals surface area contributed by atoms with Crippen molar-refractivity contribution >= 4 is 5.78 Å². The van der Waals surface area contributed by atoms with Gasteiger partial charge in [0.05, 0.1) is 47.1 Å². The summed E-state index contributed by atoms with van der Waals surface area (Å²) in [7, 11) is 4.51. The van der Waals surface area contributed by atoms with Crippen LogP contribution in [-0.2, 0) is 11.2 Å². The molecule has 0 bridgehead atoms. The summed E-state index contributed by atoms with van der Waals surface area (Å²) in [6.07, 6.45) is 0.459. The van der Waals surface area contributed by atoms with Crippen LogP contribution in [0.2, 0.25) is 0 Å². The van der Waals surface area contributed by atoms with E-state index >= 15 is 0 Å². The van der Waals surface area contributed by atoms with Crippen molar-refractivity contribution in [2.45, 2.75) is 6.42 Å². The largest absolute Gasteiger partial charge is 0.493 e. The Bertz CT molecular complexity index is 947. The molecule has 0 aromatic heterocycles. The molecular weight excluding hydrogens is 404 g/mol. The predicted molar refractivity (Wildman–Crippen MR) is 111 cm³/mol. The summed E-state index contributed by atoms with van der Waals surface area (Å²) < 4.78 is 32.7. The molecule has 4 rings (SSSR count). The zero-order chi connectivity index (χ0) is 22.0. The lowest BCUT2D eigenvalue weighted by Crippen LogP contribution is -2.40. The molecule has 8 heteroatoms. The first-order chi connectivity index (χ1) is 15.0. The molecule has 0 amide bonds. The topological polar surface area (TPSA) is 92.7 Å². The molecule has 166 valence electrons. The zero-order valence-electron chi connectivity index (χ0n) is 17.8. The van der Waals surface area contributed by atoms with Gasteiger partial charge in [0.2, 0.25) is 12.5 Å². The number of carbonyl (C=O) groups is 1. The third-order valence-corrected chi connectivity index (χ3v) is 5.99. The number of fused-ring (bicyclic) bond motifs is 1. The molecule has 0 spiro atoms. The summed E-state index contributed by atoms with van der Waals surface area (Å²) in [5.74, 6) is 1.88. The minimum Gasteiger partial charge on any atom is -0.493 e. The van der Waals surface area contributed by atoms with Crippen molar-refractivity contribution in [1.82, 2.24) is 0 Å². The van der Waals surface area contributed by atoms with Gasteiger partial charge in [-0.15, -0.1) is 0 Å². The normalized spacial score (nSPS) is 21.7. The molecule has 0 saturated carbocycles. The second-order valence-corrected chi connectivity index (χ2v) is 7.73. The number of benzene rings is 2. The molecule has 2 atom stereocenters. The number of hydrogen-bond acceptors (Lipinski definition) is 8. The molecule has 0 aliphatic carbocycles. The first kappa shape index (κ1) is 21.3. The first-order valence-electron chi connectivity index (χ1n) is 9.96. The molecule has 0 radical (unpaired) electrons. The van der Waals surface area contributed by atoms with E-state index in [9.17, 15) is 9.90 Å². The highest BCUT2D eigenvalue weighted by molar-refractivity contribution is 6.00. The lowest BCUT2D eigenvalue weighted by Gasteiger charge is -2.31. The number of hydrogen-bond donors (Lipinski definition) is 1. The van der Waals surface area contributed by atoms with E-state index in [-0.39, 0.29) is 32.4 Å². The van der Waals surface area contributed by atoms with Crippen LogP contribution in [0.25, 0.3) is 0 Å². The van der Waals surface area contributed by atoms with Crippen molar-refractivity contribution in [1.29, 1.82) is 0 Å². The quantitative estimate of drug-likeness (QED) is 0.639. The SMILES string of the molecule is COc1cc(C(=O)C2COCC2(CO)Cc2ccc3c(c2)OCO3)cc(OC)c1OC. The first-order valence-corrected chi connectivity index (χ1v) is 9.96. The van der Waals surface area contributed by atoms with Crippen molar-refractivity contribution in [2.24, 2.45) is 11.3 Å². The number of Topliss-reactive ketones (excluding diaryl/α,β-unsaturated/α-hetero) is 1. The third kappa shape index (κ3) is 3.77. The van der Waals surface area contributed by atoms with Crippen LogP contribution in [-0.4, -0.2) is 58.8 Å². The molecule has 1 N–H and O–H groups in total. The van der Waals surface area contributed by atoms with Gasteiger partial charge in [0.1, 0.15) is 0 Å². The van der Waals surface area contributed by atoms with E-state index in [0.29, 0.717) is 40.7 Å². The van der Waals surface area contributed by atoms with E-state index in [1.807, 2.05) is 18.2 Å². The number of methoxy groups -OCH3 is 3. The highest BCUT2D eigenvalue weighted by atomic mass is 16.7. The lowest BCUT2D eigenvalue weighted by atomic mass is 9.71. The molecule has 2 aliphatic heterocycles. The van der Waals surface area contributed by atoms with Crippen LogP contribution in [0.15, 0.2) is 30.3 Å². The van der Waals surface area contributed by atoms with Crippen LogP contribution in [0.5, 0.6) is 28.7 Å². The maximum Gasteiger partial charge on any atom is 0.231 e. The van der Waals surface area contributed by atoms with Gasteiger partial charge in [-0.1, -0.05) is 6.07 Å². The number of aliphatic hydroxyl groups is 1. The van der Waals surface area contributed by atoms with Gasteiger partial charge in [0.15, 0.2) is 28.8 Å². The third-order valence-electron chi connectivity index (χ3n) is 5.99. The summed E-state index contributed by atoms with van der Waals surface area (Å²) >= 11 is 0. The Morgan fingerprint density at radius 3 is 2.42 bits per heavy atom. The van der Waals surface area contributed by atoms with Crippen molar-refractivity contribution < 1.29 is 38.3 Å². The summed E-state index contributed by atoms with van der Waals surface area (Å²) in [5, 5.41) is 10.4. The van der Waals surface area contributed by atoms with Gasteiger partial charge in [-0.25, -0.2) is 0 Å². The smallest absolute Gasteiger partial charge is 0.231 e. The fraction of sp³-hybridized carbons (Fsp3) is 0.435. The summed E-state index contributed by atoms with van der Waals surface area (Å²) in [6, 6.07) is 8.91. The molecule has 2 heterocycles. The molecule has 2 aliphatic rings. The van der Waals surface area contributed by atoms with E-state index < -0.39 is 11.3 Å². The summed E-state index contributed by atoms with van der Waals surface area (Å²) in [4.78, 5) is 13.5. The lowest BCUT2D eigenvalue weighted by molar-refractivity contribution is 0.0615. The number of ketones is 1. The van der Waals surface area contributed by atoms with E-state index in [2.05, 4.69) is 0 Å². The molecule has 8 nitrogen and oxygen atoms in total. The maximum absolute atomic E-state index is 13.5. The fourth-order valence-corrected chi connectivity index (χ4v) is 4.28. The second-order valence-electron chi connectivity index (χ2n) is 7.73. The van der Waals surface area contributed by atoms with Gasteiger partial charge in [-0.2, -0.15) is 0 Å². The van der Waals surface area contributed by atoms with E-state index in [1.54, 1.807) is 12.1 Å². The highest BCUT2D eigenvalue weighted by Gasteiger charge is 2.48. The maximum atomic E-state index is 13.5. The van der Waals surface area contributed by atoms with Gasteiger partial charge < -0.3 is 33.5 Å². The van der Waals surface area contributed by atoms with Crippen LogP contribution in [0.4, 0.5) is 0 Å². The predicted octanol–water partition coefficient (Wildman–Crippen LogP) is 2.49. The van der Waals surface area contributed by atoms with E-state index in [1.165, 1.54) is 21.3 Å². The standard InChI is InChI=1S/C23H26O8/c1-26-19-7-15(8-20(27-2)22(19)28-3)21(25)16-10-29-12-23(16,11-24)9-14-4-5-17-18(6-14)31-13-30-17/h4-8,16,24H,9-13H2,1-3H3. The van der Waals surface area contributed by atoms with Gasteiger partial charge in [0.25, 0.3) is 0 Å². The van der Waals surface area contributed by atoms with E-state index in [4.69, 9.17) is 28.4 Å². The van der Waals surface area contributed by atoms with Crippen molar-refractivity contribution in [3.8, 4) is 28.7 Å². The fourth-order valence-electron chi connectivity index (χ4n) is 4.28. The second kappa shape index (κ2) is 8.64. The molecule has 1 saturated heterocycles. The Morgan fingerprint density at radius 2 is 1.77 bits per heavy atom. The number of carbonyl (C=O) groups excluding carboxylic acids is 1. The minimum atomic E-state index is -0.759. The Labute approximate surface area is 180 Å². The minimum absolute atomic E-state index is 0.147. The Morgan fingerprint density at radius 1 is 1.06 bits per heavy atom. The molecule has 1 fully saturated rings. The summed E-state index contributed by atoms with van der Waals surface area (Å²) in [6.45, 7) is 0.497. The zero-order valence-corrected chi connectivity index (χ0v) is 17.8. The van der Waals surface area contributed by atoms with Crippen molar-refractivity contribution in [2.75, 3.05) is 47.9 Å². The Balaban J connectivity index is 1.65. The number of aliphatic hydroxyl groups excluding tert-OH is 1. The highest BCUT2D eigenvalue weighted by Crippen LogP contribution is 2.44. The van der Waals surface area contributed by atoms with Crippen LogP contribution >= 0.6 is 0 Å². The molecule has 2 aromatic carbocycles. The van der Waals surface area contributed by atoms with Crippen molar-refractivity contribution in [3.05, 3.63) is 41.5 Å². The molecular formula is C23H26O8. The number of ether oxygens (including phenoxy) is 6. The van der Waals surface area contributed by atoms with Gasteiger partial charge in [-0.05, 0) is 36.2 Å². The van der Waals surface area contributed by atoms with Gasteiger partial charge in [-0.3, -0.25) is 4.79 Å².